The van der Waals surface area contributed by atoms with Crippen LogP contribution in [0, 0.1) is 5.41 Å². The van der Waals surface area contributed by atoms with Crippen LogP contribution in [0.2, 0.25) is 0 Å². The number of nitrogens with two attached hydrogens (primary N) is 1. The molecule has 20 heavy (non-hydrogen) atoms. The van der Waals surface area contributed by atoms with Crippen molar-refractivity contribution in [3.05, 3.63) is 18.3 Å². The highest BCUT2D eigenvalue weighted by molar-refractivity contribution is 7.89. The summed E-state index contributed by atoms with van der Waals surface area (Å²) in [6.45, 7) is 2.62. The van der Waals surface area contributed by atoms with Crippen LogP contribution in [0.3, 0.4) is 0 Å². The fourth-order valence-corrected chi connectivity index (χ4v) is 3.80. The molecule has 112 valence electrons. The fourth-order valence-electron chi connectivity index (χ4n) is 2.59. The van der Waals surface area contributed by atoms with E-state index in [0.29, 0.717) is 12.4 Å². The minimum Gasteiger partial charge on any atom is -0.308 e. The normalized spacial score (nSPS) is 18.7. The molecule has 7 heteroatoms. The molecular formula is C13H22N4O2S. The van der Waals surface area contributed by atoms with Gasteiger partial charge in [0.1, 0.15) is 5.82 Å². The van der Waals surface area contributed by atoms with Crippen molar-refractivity contribution in [3.63, 3.8) is 0 Å². The number of nitrogens with one attached hydrogen (secondary N) is 2. The van der Waals surface area contributed by atoms with Crippen LogP contribution in [0.5, 0.6) is 0 Å². The van der Waals surface area contributed by atoms with Crippen molar-refractivity contribution >= 4 is 15.8 Å². The Morgan fingerprint density at radius 1 is 1.35 bits per heavy atom. The van der Waals surface area contributed by atoms with Crippen LogP contribution in [0.25, 0.3) is 0 Å². The number of nitrogen functional groups attached to an aromatic ring is 1. The summed E-state index contributed by atoms with van der Waals surface area (Å²) in [6.07, 6.45) is 7.16. The third-order valence-corrected chi connectivity index (χ3v) is 5.34. The van der Waals surface area contributed by atoms with Crippen LogP contribution in [-0.2, 0) is 10.0 Å². The summed E-state index contributed by atoms with van der Waals surface area (Å²) < 4.78 is 27.3. The van der Waals surface area contributed by atoms with Gasteiger partial charge in [-0.2, -0.15) is 0 Å². The molecule has 6 nitrogen and oxygen atoms in total. The molecular weight excluding hydrogens is 276 g/mol. The van der Waals surface area contributed by atoms with E-state index in [2.05, 4.69) is 22.1 Å². The number of sulfonamides is 1. The van der Waals surface area contributed by atoms with Crippen molar-refractivity contribution in [1.82, 2.24) is 9.71 Å². The molecule has 0 atom stereocenters. The first-order chi connectivity index (χ1) is 9.45. The van der Waals surface area contributed by atoms with Gasteiger partial charge in [-0.3, -0.25) is 0 Å². The Bertz CT molecular complexity index is 553. The SMILES string of the molecule is CC1(CNS(=O)(=O)c2ccnc(NN)c2)CCCCC1. The monoisotopic (exact) mass is 298 g/mol. The fraction of sp³-hybridized carbons (Fsp3) is 0.615. The van der Waals surface area contributed by atoms with Crippen LogP contribution in [0.1, 0.15) is 39.0 Å². The maximum atomic E-state index is 12.3. The van der Waals surface area contributed by atoms with Crippen molar-refractivity contribution < 1.29 is 8.42 Å². The van der Waals surface area contributed by atoms with E-state index >= 15 is 0 Å². The highest BCUT2D eigenvalue weighted by atomic mass is 32.2. The van der Waals surface area contributed by atoms with Crippen molar-refractivity contribution in [2.45, 2.75) is 43.9 Å². The summed E-state index contributed by atoms with van der Waals surface area (Å²) in [5.41, 5.74) is 2.41. The zero-order valence-corrected chi connectivity index (χ0v) is 12.5. The van der Waals surface area contributed by atoms with Gasteiger partial charge in [0.2, 0.25) is 10.0 Å². The first-order valence-electron chi connectivity index (χ1n) is 6.88. The highest BCUT2D eigenvalue weighted by Crippen LogP contribution is 2.35. The number of aromatic nitrogens is 1. The molecule has 0 aliphatic heterocycles. The summed E-state index contributed by atoms with van der Waals surface area (Å²) in [5, 5.41) is 0. The Morgan fingerprint density at radius 3 is 2.70 bits per heavy atom. The second-order valence-electron chi connectivity index (χ2n) is 5.72. The molecule has 0 aromatic carbocycles. The summed E-state index contributed by atoms with van der Waals surface area (Å²) in [5.74, 6) is 5.58. The van der Waals surface area contributed by atoms with Gasteiger partial charge in [0.15, 0.2) is 0 Å². The quantitative estimate of drug-likeness (QED) is 0.567. The van der Waals surface area contributed by atoms with E-state index in [0.717, 1.165) is 12.8 Å². The van der Waals surface area contributed by atoms with E-state index < -0.39 is 10.0 Å². The molecule has 0 amide bonds. The van der Waals surface area contributed by atoms with Crippen LogP contribution in [0.15, 0.2) is 23.2 Å². The maximum Gasteiger partial charge on any atom is 0.240 e. The molecule has 1 aromatic heterocycles. The number of hydrogen-bond donors (Lipinski definition) is 3. The average Bonchev–Trinajstić information content (AvgIpc) is 2.46. The number of rotatable bonds is 5. The van der Waals surface area contributed by atoms with Gasteiger partial charge in [-0.05, 0) is 24.3 Å². The lowest BCUT2D eigenvalue weighted by Gasteiger charge is -2.33. The first kappa shape index (κ1) is 15.2. The molecule has 0 unspecified atom stereocenters. The van der Waals surface area contributed by atoms with Gasteiger partial charge in [-0.15, -0.1) is 0 Å². The smallest absolute Gasteiger partial charge is 0.240 e. The predicted octanol–water partition coefficient (Wildman–Crippen LogP) is 1.62. The van der Waals surface area contributed by atoms with E-state index in [9.17, 15) is 8.42 Å². The lowest BCUT2D eigenvalue weighted by atomic mass is 9.76. The van der Waals surface area contributed by atoms with E-state index in [-0.39, 0.29) is 10.3 Å². The number of pyridine rings is 1. The molecule has 0 saturated heterocycles. The van der Waals surface area contributed by atoms with E-state index in [4.69, 9.17) is 5.84 Å². The van der Waals surface area contributed by atoms with Crippen molar-refractivity contribution in [2.24, 2.45) is 11.3 Å². The Balaban J connectivity index is 2.06. The lowest BCUT2D eigenvalue weighted by Crippen LogP contribution is -2.37. The number of anilines is 1. The minimum atomic E-state index is -3.52. The number of nitrogens with zero attached hydrogens (tertiary/aromatic N) is 1. The van der Waals surface area contributed by atoms with Crippen LogP contribution >= 0.6 is 0 Å². The molecule has 0 bridgehead atoms. The summed E-state index contributed by atoms with van der Waals surface area (Å²) in [7, 11) is -3.52. The molecule has 1 aliphatic rings. The Labute approximate surface area is 120 Å². The zero-order chi connectivity index (χ0) is 14.6. The molecule has 1 heterocycles. The van der Waals surface area contributed by atoms with Gasteiger partial charge in [-0.25, -0.2) is 24.0 Å². The second-order valence-corrected chi connectivity index (χ2v) is 7.48. The molecule has 1 aliphatic carbocycles. The van der Waals surface area contributed by atoms with Crippen LogP contribution in [-0.4, -0.2) is 19.9 Å². The lowest BCUT2D eigenvalue weighted by molar-refractivity contribution is 0.219. The standard InChI is InChI=1S/C13H22N4O2S/c1-13(6-3-2-4-7-13)10-16-20(18,19)11-5-8-15-12(9-11)17-14/h5,8-9,16H,2-4,6-7,10,14H2,1H3,(H,15,17). The Kier molecular flexibility index (Phi) is 4.62. The summed E-state index contributed by atoms with van der Waals surface area (Å²) in [6, 6.07) is 2.89. The average molecular weight is 298 g/mol. The summed E-state index contributed by atoms with van der Waals surface area (Å²) in [4.78, 5) is 4.09. The van der Waals surface area contributed by atoms with Gasteiger partial charge in [0.05, 0.1) is 4.90 Å². The third kappa shape index (κ3) is 3.68. The summed E-state index contributed by atoms with van der Waals surface area (Å²) >= 11 is 0. The topological polar surface area (TPSA) is 97.1 Å². The second kappa shape index (κ2) is 6.07. The molecule has 0 spiro atoms. The van der Waals surface area contributed by atoms with Crippen molar-refractivity contribution in [2.75, 3.05) is 12.0 Å². The van der Waals surface area contributed by atoms with E-state index in [1.165, 1.54) is 37.6 Å². The maximum absolute atomic E-state index is 12.3. The van der Waals surface area contributed by atoms with Gasteiger partial charge >= 0.3 is 0 Å². The number of hydrazine groups is 1. The van der Waals surface area contributed by atoms with Crippen LogP contribution in [0.4, 0.5) is 5.82 Å². The third-order valence-electron chi connectivity index (χ3n) is 3.94. The molecule has 1 fully saturated rings. The first-order valence-corrected chi connectivity index (χ1v) is 8.36. The molecule has 1 aromatic rings. The molecule has 4 N–H and O–H groups in total. The molecule has 0 radical (unpaired) electrons. The largest absolute Gasteiger partial charge is 0.308 e. The van der Waals surface area contributed by atoms with E-state index in [1.54, 1.807) is 0 Å². The number of hydrogen-bond acceptors (Lipinski definition) is 5. The molecule has 1 saturated carbocycles. The van der Waals surface area contributed by atoms with Crippen molar-refractivity contribution in [1.29, 1.82) is 0 Å². The highest BCUT2D eigenvalue weighted by Gasteiger charge is 2.28. The van der Waals surface area contributed by atoms with Gasteiger partial charge in [-0.1, -0.05) is 26.2 Å². The van der Waals surface area contributed by atoms with Gasteiger partial charge in [0, 0.05) is 18.8 Å². The van der Waals surface area contributed by atoms with Gasteiger partial charge in [0.25, 0.3) is 0 Å². The van der Waals surface area contributed by atoms with Crippen molar-refractivity contribution in [3.8, 4) is 0 Å². The van der Waals surface area contributed by atoms with Gasteiger partial charge < -0.3 is 5.43 Å². The molecule has 2 rings (SSSR count). The zero-order valence-electron chi connectivity index (χ0n) is 11.7. The predicted molar refractivity (Wildman–Crippen MR) is 78.4 cm³/mol. The van der Waals surface area contributed by atoms with Crippen LogP contribution < -0.4 is 16.0 Å². The Morgan fingerprint density at radius 2 is 2.05 bits per heavy atom. The van der Waals surface area contributed by atoms with E-state index in [1.807, 2.05) is 0 Å². The minimum absolute atomic E-state index is 0.0628. The Hall–Kier alpha value is -1.18.